The van der Waals surface area contributed by atoms with Crippen LogP contribution >= 0.6 is 11.3 Å². The monoisotopic (exact) mass is 358 g/mol. The molecule has 1 amide bonds. The first-order chi connectivity index (χ1) is 12.1. The Morgan fingerprint density at radius 2 is 2.04 bits per heavy atom. The highest BCUT2D eigenvalue weighted by molar-refractivity contribution is 7.12. The number of ketones is 1. The van der Waals surface area contributed by atoms with Gasteiger partial charge in [-0.1, -0.05) is 12.1 Å². The molecule has 0 spiro atoms. The second-order valence-corrected chi connectivity index (χ2v) is 6.93. The Balaban J connectivity index is 1.63. The minimum absolute atomic E-state index is 0.0466. The number of hydrogen-bond acceptors (Lipinski definition) is 5. The molecule has 3 rings (SSSR count). The van der Waals surface area contributed by atoms with Crippen LogP contribution in [0.2, 0.25) is 0 Å². The van der Waals surface area contributed by atoms with Crippen LogP contribution in [-0.4, -0.2) is 56.0 Å². The number of Topliss-reactive ketones (excluding diaryl/α,β-unsaturated/α-hetero) is 1. The average Bonchev–Trinajstić information content (AvgIpc) is 3.13. The lowest BCUT2D eigenvalue weighted by molar-refractivity contribution is 0.0383. The van der Waals surface area contributed by atoms with Crippen molar-refractivity contribution in [1.29, 1.82) is 0 Å². The number of amides is 1. The van der Waals surface area contributed by atoms with Crippen LogP contribution in [0.15, 0.2) is 35.7 Å². The zero-order chi connectivity index (χ0) is 17.6. The van der Waals surface area contributed by atoms with Gasteiger partial charge in [0.05, 0.1) is 18.1 Å². The standard InChI is InChI=1S/C19H22N2O3S/c1-14(22)18-17(5-12-25-18)15-3-2-4-16(13-15)19(23)20-6-7-21-8-10-24-11-9-21/h2-5,12-13H,6-11H2,1H3,(H,20,23). The van der Waals surface area contributed by atoms with Gasteiger partial charge in [-0.2, -0.15) is 0 Å². The minimum Gasteiger partial charge on any atom is -0.379 e. The number of carbonyl (C=O) groups is 2. The van der Waals surface area contributed by atoms with E-state index in [2.05, 4.69) is 10.2 Å². The Labute approximate surface area is 151 Å². The second kappa shape index (κ2) is 8.38. The Morgan fingerprint density at radius 3 is 2.80 bits per heavy atom. The molecule has 1 fully saturated rings. The highest BCUT2D eigenvalue weighted by Gasteiger charge is 2.14. The van der Waals surface area contributed by atoms with Gasteiger partial charge in [-0.25, -0.2) is 0 Å². The van der Waals surface area contributed by atoms with Crippen molar-refractivity contribution in [2.24, 2.45) is 0 Å². The van der Waals surface area contributed by atoms with Crippen molar-refractivity contribution < 1.29 is 14.3 Å². The molecule has 1 aliphatic rings. The van der Waals surface area contributed by atoms with Gasteiger partial charge in [0.1, 0.15) is 0 Å². The molecule has 0 aliphatic carbocycles. The molecule has 132 valence electrons. The van der Waals surface area contributed by atoms with Crippen LogP contribution < -0.4 is 5.32 Å². The van der Waals surface area contributed by atoms with Crippen LogP contribution in [-0.2, 0) is 4.74 Å². The Kier molecular flexibility index (Phi) is 5.96. The minimum atomic E-state index is -0.0882. The molecule has 0 unspecified atom stereocenters. The summed E-state index contributed by atoms with van der Waals surface area (Å²) in [6.45, 7) is 6.35. The summed E-state index contributed by atoms with van der Waals surface area (Å²) in [5.74, 6) is -0.0416. The van der Waals surface area contributed by atoms with Gasteiger partial charge in [-0.05, 0) is 36.1 Å². The zero-order valence-electron chi connectivity index (χ0n) is 14.3. The molecule has 1 aliphatic heterocycles. The van der Waals surface area contributed by atoms with E-state index in [1.54, 1.807) is 13.0 Å². The molecule has 2 aromatic rings. The molecule has 1 saturated heterocycles. The molecule has 6 heteroatoms. The number of carbonyl (C=O) groups excluding carboxylic acids is 2. The van der Waals surface area contributed by atoms with Gasteiger partial charge < -0.3 is 10.1 Å². The number of benzene rings is 1. The van der Waals surface area contributed by atoms with Crippen LogP contribution in [0.1, 0.15) is 27.0 Å². The van der Waals surface area contributed by atoms with E-state index in [4.69, 9.17) is 4.74 Å². The van der Waals surface area contributed by atoms with Crippen molar-refractivity contribution >= 4 is 23.0 Å². The van der Waals surface area contributed by atoms with Gasteiger partial charge in [0.15, 0.2) is 5.78 Å². The molecular weight excluding hydrogens is 336 g/mol. The summed E-state index contributed by atoms with van der Waals surface area (Å²) in [5.41, 5.74) is 2.40. The third-order valence-corrected chi connectivity index (χ3v) is 5.25. The number of thiophene rings is 1. The molecule has 0 radical (unpaired) electrons. The Hall–Kier alpha value is -2.02. The molecule has 1 N–H and O–H groups in total. The van der Waals surface area contributed by atoms with Gasteiger partial charge in [-0.3, -0.25) is 14.5 Å². The fraction of sp³-hybridized carbons (Fsp3) is 0.368. The van der Waals surface area contributed by atoms with E-state index in [0.717, 1.165) is 48.9 Å². The number of rotatable bonds is 6. The van der Waals surface area contributed by atoms with Crippen molar-refractivity contribution in [1.82, 2.24) is 10.2 Å². The van der Waals surface area contributed by atoms with Crippen molar-refractivity contribution in [3.8, 4) is 11.1 Å². The molecule has 1 aromatic heterocycles. The predicted molar refractivity (Wildman–Crippen MR) is 99.4 cm³/mol. The van der Waals surface area contributed by atoms with E-state index >= 15 is 0 Å². The smallest absolute Gasteiger partial charge is 0.251 e. The lowest BCUT2D eigenvalue weighted by Gasteiger charge is -2.26. The Morgan fingerprint density at radius 1 is 1.24 bits per heavy atom. The number of morpholine rings is 1. The summed E-state index contributed by atoms with van der Waals surface area (Å²) < 4.78 is 5.32. The fourth-order valence-electron chi connectivity index (χ4n) is 2.89. The van der Waals surface area contributed by atoms with Gasteiger partial charge >= 0.3 is 0 Å². The van der Waals surface area contributed by atoms with Gasteiger partial charge in [0, 0.05) is 37.3 Å². The van der Waals surface area contributed by atoms with Crippen molar-refractivity contribution in [3.05, 3.63) is 46.2 Å². The summed E-state index contributed by atoms with van der Waals surface area (Å²) >= 11 is 1.43. The van der Waals surface area contributed by atoms with Crippen LogP contribution in [0.25, 0.3) is 11.1 Å². The van der Waals surface area contributed by atoms with Crippen molar-refractivity contribution in [2.45, 2.75) is 6.92 Å². The van der Waals surface area contributed by atoms with Gasteiger partial charge in [0.2, 0.25) is 0 Å². The van der Waals surface area contributed by atoms with Gasteiger partial charge in [0.25, 0.3) is 5.91 Å². The number of hydrogen-bond donors (Lipinski definition) is 1. The summed E-state index contributed by atoms with van der Waals surface area (Å²) in [6, 6.07) is 9.36. The maximum Gasteiger partial charge on any atom is 0.251 e. The third-order valence-electron chi connectivity index (χ3n) is 4.24. The molecule has 2 heterocycles. The van der Waals surface area contributed by atoms with Gasteiger partial charge in [-0.15, -0.1) is 11.3 Å². The van der Waals surface area contributed by atoms with E-state index in [0.29, 0.717) is 12.1 Å². The van der Waals surface area contributed by atoms with Crippen LogP contribution in [0, 0.1) is 0 Å². The summed E-state index contributed by atoms with van der Waals surface area (Å²) in [6.07, 6.45) is 0. The number of nitrogens with zero attached hydrogens (tertiary/aromatic N) is 1. The first kappa shape index (κ1) is 17.8. The summed E-state index contributed by atoms with van der Waals surface area (Å²) in [4.78, 5) is 27.1. The van der Waals surface area contributed by atoms with Crippen LogP contribution in [0.3, 0.4) is 0 Å². The van der Waals surface area contributed by atoms with Crippen LogP contribution in [0.5, 0.6) is 0 Å². The average molecular weight is 358 g/mol. The normalized spacial score (nSPS) is 15.1. The fourth-order valence-corrected chi connectivity index (χ4v) is 3.71. The molecule has 25 heavy (non-hydrogen) atoms. The quantitative estimate of drug-likeness (QED) is 0.807. The molecule has 0 bridgehead atoms. The summed E-state index contributed by atoms with van der Waals surface area (Å²) in [5, 5.41) is 4.87. The lowest BCUT2D eigenvalue weighted by atomic mass is 10.0. The first-order valence-electron chi connectivity index (χ1n) is 8.42. The van der Waals surface area contributed by atoms with E-state index < -0.39 is 0 Å². The van der Waals surface area contributed by atoms with Crippen LogP contribution in [0.4, 0.5) is 0 Å². The highest BCUT2D eigenvalue weighted by atomic mass is 32.1. The molecule has 0 atom stereocenters. The van der Waals surface area contributed by atoms with E-state index in [1.807, 2.05) is 29.6 Å². The Bertz CT molecular complexity index is 751. The molecule has 0 saturated carbocycles. The maximum absolute atomic E-state index is 12.4. The predicted octanol–water partition coefficient (Wildman–Crippen LogP) is 2.68. The zero-order valence-corrected chi connectivity index (χ0v) is 15.1. The van der Waals surface area contributed by atoms with Crippen molar-refractivity contribution in [2.75, 3.05) is 39.4 Å². The van der Waals surface area contributed by atoms with Crippen molar-refractivity contribution in [3.63, 3.8) is 0 Å². The topological polar surface area (TPSA) is 58.6 Å². The third kappa shape index (κ3) is 4.54. The van der Waals surface area contributed by atoms with E-state index in [1.165, 1.54) is 11.3 Å². The number of ether oxygens (including phenoxy) is 1. The largest absolute Gasteiger partial charge is 0.379 e. The summed E-state index contributed by atoms with van der Waals surface area (Å²) in [7, 11) is 0. The highest BCUT2D eigenvalue weighted by Crippen LogP contribution is 2.29. The SMILES string of the molecule is CC(=O)c1sccc1-c1cccc(C(=O)NCCN2CCOCC2)c1. The van der Waals surface area contributed by atoms with E-state index in [-0.39, 0.29) is 11.7 Å². The molecule has 1 aromatic carbocycles. The first-order valence-corrected chi connectivity index (χ1v) is 9.30. The number of nitrogens with one attached hydrogen (secondary N) is 1. The molecule has 5 nitrogen and oxygen atoms in total. The van der Waals surface area contributed by atoms with E-state index in [9.17, 15) is 9.59 Å². The molecular formula is C19H22N2O3S. The lowest BCUT2D eigenvalue weighted by Crippen LogP contribution is -2.41. The maximum atomic E-state index is 12.4. The second-order valence-electron chi connectivity index (χ2n) is 6.01.